The number of hydrogen-bond donors (Lipinski definition) is 2. The standard InChI is InChI=1S/C15H16ClNO2/c1-10-7-13(5-6-14(10)16)19-9-15(18)11-3-2-4-12(17)8-11/h2-8,15,18H,9,17H2,1H3. The van der Waals surface area contributed by atoms with Gasteiger partial charge >= 0.3 is 0 Å². The van der Waals surface area contributed by atoms with Gasteiger partial charge in [0.15, 0.2) is 0 Å². The maximum absolute atomic E-state index is 10.0. The van der Waals surface area contributed by atoms with Crippen LogP contribution in [0.15, 0.2) is 42.5 Å². The zero-order valence-corrected chi connectivity index (χ0v) is 11.4. The first-order valence-corrected chi connectivity index (χ1v) is 6.36. The summed E-state index contributed by atoms with van der Waals surface area (Å²) in [7, 11) is 0. The number of halogens is 1. The van der Waals surface area contributed by atoms with Gasteiger partial charge in [0.2, 0.25) is 0 Å². The number of benzene rings is 2. The highest BCUT2D eigenvalue weighted by atomic mass is 35.5. The van der Waals surface area contributed by atoms with Crippen LogP contribution < -0.4 is 10.5 Å². The molecule has 4 heteroatoms. The molecule has 1 atom stereocenters. The van der Waals surface area contributed by atoms with E-state index >= 15 is 0 Å². The fraction of sp³-hybridized carbons (Fsp3) is 0.200. The lowest BCUT2D eigenvalue weighted by molar-refractivity contribution is 0.108. The van der Waals surface area contributed by atoms with Crippen LogP contribution in [-0.4, -0.2) is 11.7 Å². The van der Waals surface area contributed by atoms with Gasteiger partial charge in [-0.3, -0.25) is 0 Å². The van der Waals surface area contributed by atoms with Crippen LogP contribution in [0.1, 0.15) is 17.2 Å². The van der Waals surface area contributed by atoms with E-state index in [2.05, 4.69) is 0 Å². The Kier molecular flexibility index (Phi) is 4.30. The van der Waals surface area contributed by atoms with Gasteiger partial charge in [0, 0.05) is 10.7 Å². The zero-order chi connectivity index (χ0) is 13.8. The minimum Gasteiger partial charge on any atom is -0.491 e. The second-order valence-corrected chi connectivity index (χ2v) is 4.82. The van der Waals surface area contributed by atoms with Crippen LogP contribution in [0.2, 0.25) is 5.02 Å². The summed E-state index contributed by atoms with van der Waals surface area (Å²) >= 11 is 5.94. The first-order valence-electron chi connectivity index (χ1n) is 5.98. The molecule has 2 aromatic rings. The smallest absolute Gasteiger partial charge is 0.119 e. The van der Waals surface area contributed by atoms with Gasteiger partial charge < -0.3 is 15.6 Å². The predicted octanol–water partition coefficient (Wildman–Crippen LogP) is 3.34. The molecule has 0 aliphatic heterocycles. The number of nitrogens with two attached hydrogens (primary N) is 1. The van der Waals surface area contributed by atoms with E-state index in [1.54, 1.807) is 30.3 Å². The molecule has 0 saturated carbocycles. The van der Waals surface area contributed by atoms with E-state index in [4.69, 9.17) is 22.1 Å². The number of aliphatic hydroxyl groups excluding tert-OH is 1. The number of ether oxygens (including phenoxy) is 1. The summed E-state index contributed by atoms with van der Waals surface area (Å²) in [5.41, 5.74) is 7.98. The van der Waals surface area contributed by atoms with Crippen molar-refractivity contribution in [1.29, 1.82) is 0 Å². The van der Waals surface area contributed by atoms with Crippen LogP contribution in [0.5, 0.6) is 5.75 Å². The van der Waals surface area contributed by atoms with E-state index in [0.717, 1.165) is 11.1 Å². The van der Waals surface area contributed by atoms with Gasteiger partial charge in [0.1, 0.15) is 18.5 Å². The van der Waals surface area contributed by atoms with Gasteiger partial charge in [-0.05, 0) is 48.4 Å². The molecule has 0 fully saturated rings. The van der Waals surface area contributed by atoms with Crippen LogP contribution in [0.3, 0.4) is 0 Å². The van der Waals surface area contributed by atoms with E-state index in [1.165, 1.54) is 0 Å². The molecule has 0 heterocycles. The van der Waals surface area contributed by atoms with Gasteiger partial charge in [-0.15, -0.1) is 0 Å². The van der Waals surface area contributed by atoms with Gasteiger partial charge in [-0.1, -0.05) is 23.7 Å². The lowest BCUT2D eigenvalue weighted by atomic mass is 10.1. The fourth-order valence-electron chi connectivity index (χ4n) is 1.74. The Morgan fingerprint density at radius 3 is 2.74 bits per heavy atom. The second-order valence-electron chi connectivity index (χ2n) is 4.41. The molecule has 0 spiro atoms. The molecule has 2 aromatic carbocycles. The molecule has 1 unspecified atom stereocenters. The molecule has 100 valence electrons. The molecule has 3 nitrogen and oxygen atoms in total. The Hall–Kier alpha value is -1.71. The highest BCUT2D eigenvalue weighted by Crippen LogP contribution is 2.23. The highest BCUT2D eigenvalue weighted by Gasteiger charge is 2.09. The quantitative estimate of drug-likeness (QED) is 0.843. The van der Waals surface area contributed by atoms with Crippen molar-refractivity contribution in [3.05, 3.63) is 58.6 Å². The maximum Gasteiger partial charge on any atom is 0.119 e. The summed E-state index contributed by atoms with van der Waals surface area (Å²) in [6.07, 6.45) is -0.709. The maximum atomic E-state index is 10.0. The average molecular weight is 278 g/mol. The molecular formula is C15H16ClNO2. The van der Waals surface area contributed by atoms with Gasteiger partial charge in [0.05, 0.1) is 0 Å². The van der Waals surface area contributed by atoms with Crippen LogP contribution in [-0.2, 0) is 0 Å². The largest absolute Gasteiger partial charge is 0.491 e. The third kappa shape index (κ3) is 3.63. The van der Waals surface area contributed by atoms with E-state index in [9.17, 15) is 5.11 Å². The molecular weight excluding hydrogens is 262 g/mol. The number of nitrogen functional groups attached to an aromatic ring is 1. The lowest BCUT2D eigenvalue weighted by Gasteiger charge is -2.13. The van der Waals surface area contributed by atoms with Crippen LogP contribution in [0, 0.1) is 6.92 Å². The molecule has 0 bridgehead atoms. The van der Waals surface area contributed by atoms with E-state index < -0.39 is 6.10 Å². The summed E-state index contributed by atoms with van der Waals surface area (Å²) in [5.74, 6) is 0.685. The Morgan fingerprint density at radius 2 is 2.05 bits per heavy atom. The van der Waals surface area contributed by atoms with Crippen molar-refractivity contribution < 1.29 is 9.84 Å². The molecule has 0 aromatic heterocycles. The molecule has 0 saturated heterocycles. The highest BCUT2D eigenvalue weighted by molar-refractivity contribution is 6.31. The Bertz CT molecular complexity index is 572. The summed E-state index contributed by atoms with van der Waals surface area (Å²) < 4.78 is 5.55. The first-order chi connectivity index (χ1) is 9.06. The second kappa shape index (κ2) is 5.95. The normalized spacial score (nSPS) is 12.2. The number of aryl methyl sites for hydroxylation is 1. The van der Waals surface area contributed by atoms with Crippen molar-refractivity contribution in [2.24, 2.45) is 0 Å². The summed E-state index contributed by atoms with van der Waals surface area (Å²) in [5, 5.41) is 10.7. The predicted molar refractivity (Wildman–Crippen MR) is 77.5 cm³/mol. The van der Waals surface area contributed by atoms with Crippen LogP contribution in [0.25, 0.3) is 0 Å². The third-order valence-electron chi connectivity index (χ3n) is 2.83. The molecule has 0 aliphatic carbocycles. The SMILES string of the molecule is Cc1cc(OCC(O)c2cccc(N)c2)ccc1Cl. The molecule has 0 amide bonds. The average Bonchev–Trinajstić information content (AvgIpc) is 2.40. The topological polar surface area (TPSA) is 55.5 Å². The van der Waals surface area contributed by atoms with E-state index in [0.29, 0.717) is 16.5 Å². The van der Waals surface area contributed by atoms with Crippen molar-refractivity contribution >= 4 is 17.3 Å². The van der Waals surface area contributed by atoms with Crippen molar-refractivity contribution in [2.75, 3.05) is 12.3 Å². The van der Waals surface area contributed by atoms with E-state index in [-0.39, 0.29) is 6.61 Å². The number of aliphatic hydroxyl groups is 1. The Morgan fingerprint density at radius 1 is 1.26 bits per heavy atom. The van der Waals surface area contributed by atoms with Crippen LogP contribution in [0.4, 0.5) is 5.69 Å². The lowest BCUT2D eigenvalue weighted by Crippen LogP contribution is -2.10. The Labute approximate surface area is 117 Å². The fourth-order valence-corrected chi connectivity index (χ4v) is 1.86. The number of anilines is 1. The van der Waals surface area contributed by atoms with Gasteiger partial charge in [0.25, 0.3) is 0 Å². The molecule has 2 rings (SSSR count). The van der Waals surface area contributed by atoms with Crippen molar-refractivity contribution in [1.82, 2.24) is 0 Å². The van der Waals surface area contributed by atoms with Gasteiger partial charge in [-0.25, -0.2) is 0 Å². The summed E-state index contributed by atoms with van der Waals surface area (Å²) in [4.78, 5) is 0. The molecule has 0 radical (unpaired) electrons. The van der Waals surface area contributed by atoms with Crippen molar-refractivity contribution in [2.45, 2.75) is 13.0 Å². The monoisotopic (exact) mass is 277 g/mol. The van der Waals surface area contributed by atoms with Crippen molar-refractivity contribution in [3.63, 3.8) is 0 Å². The molecule has 0 aliphatic rings. The third-order valence-corrected chi connectivity index (χ3v) is 3.26. The minimum atomic E-state index is -0.709. The number of hydrogen-bond acceptors (Lipinski definition) is 3. The first kappa shape index (κ1) is 13.7. The minimum absolute atomic E-state index is 0.171. The van der Waals surface area contributed by atoms with Gasteiger partial charge in [-0.2, -0.15) is 0 Å². The summed E-state index contributed by atoms with van der Waals surface area (Å²) in [6.45, 7) is 2.08. The van der Waals surface area contributed by atoms with E-state index in [1.807, 2.05) is 19.1 Å². The van der Waals surface area contributed by atoms with Crippen LogP contribution >= 0.6 is 11.6 Å². The molecule has 3 N–H and O–H groups in total. The number of rotatable bonds is 4. The van der Waals surface area contributed by atoms with Crippen molar-refractivity contribution in [3.8, 4) is 5.75 Å². The Balaban J connectivity index is 2.00. The summed E-state index contributed by atoms with van der Waals surface area (Å²) in [6, 6.07) is 12.5. The molecule has 19 heavy (non-hydrogen) atoms. The zero-order valence-electron chi connectivity index (χ0n) is 10.6.